The SMILES string of the molecule is O=S(=O)(c1ccc(OCCNc2ccccc2N2CCCCC2)cc1)N1CCOCC1. The third-order valence-electron chi connectivity index (χ3n) is 5.72. The first-order valence-corrected chi connectivity index (χ1v) is 12.5. The van der Waals surface area contributed by atoms with Gasteiger partial charge in [0.1, 0.15) is 12.4 Å². The minimum Gasteiger partial charge on any atom is -0.492 e. The second kappa shape index (κ2) is 10.3. The third kappa shape index (κ3) is 5.50. The summed E-state index contributed by atoms with van der Waals surface area (Å²) in [6, 6.07) is 15.1. The second-order valence-corrected chi connectivity index (χ2v) is 9.77. The molecule has 2 saturated heterocycles. The van der Waals surface area contributed by atoms with E-state index in [9.17, 15) is 8.42 Å². The van der Waals surface area contributed by atoms with Gasteiger partial charge in [0.15, 0.2) is 0 Å². The maximum absolute atomic E-state index is 12.7. The zero-order chi connectivity index (χ0) is 21.5. The van der Waals surface area contributed by atoms with Crippen molar-refractivity contribution in [3.8, 4) is 5.75 Å². The van der Waals surface area contributed by atoms with Gasteiger partial charge >= 0.3 is 0 Å². The number of ether oxygens (including phenoxy) is 2. The normalized spacial score (nSPS) is 18.0. The molecule has 2 aromatic carbocycles. The van der Waals surface area contributed by atoms with E-state index in [1.54, 1.807) is 24.3 Å². The predicted molar refractivity (Wildman–Crippen MR) is 123 cm³/mol. The van der Waals surface area contributed by atoms with Gasteiger partial charge in [0, 0.05) is 32.7 Å². The van der Waals surface area contributed by atoms with Crippen molar-refractivity contribution in [2.24, 2.45) is 0 Å². The highest BCUT2D eigenvalue weighted by molar-refractivity contribution is 7.89. The van der Waals surface area contributed by atoms with E-state index in [1.807, 2.05) is 6.07 Å². The number of morpholine rings is 1. The van der Waals surface area contributed by atoms with Gasteiger partial charge in [0.25, 0.3) is 0 Å². The number of piperidine rings is 1. The number of hydrogen-bond donors (Lipinski definition) is 1. The lowest BCUT2D eigenvalue weighted by atomic mass is 10.1. The zero-order valence-electron chi connectivity index (χ0n) is 17.8. The van der Waals surface area contributed by atoms with E-state index in [0.29, 0.717) is 45.2 Å². The van der Waals surface area contributed by atoms with E-state index in [1.165, 1.54) is 29.3 Å². The van der Waals surface area contributed by atoms with Gasteiger partial charge in [-0.25, -0.2) is 8.42 Å². The van der Waals surface area contributed by atoms with Crippen LogP contribution in [0.2, 0.25) is 0 Å². The molecule has 8 heteroatoms. The molecule has 0 spiro atoms. The summed E-state index contributed by atoms with van der Waals surface area (Å²) in [7, 11) is -3.47. The van der Waals surface area contributed by atoms with Crippen LogP contribution in [0.4, 0.5) is 11.4 Å². The first kappa shape index (κ1) is 21.9. The first-order valence-electron chi connectivity index (χ1n) is 11.0. The molecule has 1 N–H and O–H groups in total. The van der Waals surface area contributed by atoms with Gasteiger partial charge in [0.2, 0.25) is 10.0 Å². The lowest BCUT2D eigenvalue weighted by Gasteiger charge is -2.30. The Hall–Kier alpha value is -2.29. The Labute approximate surface area is 185 Å². The fraction of sp³-hybridized carbons (Fsp3) is 0.478. The third-order valence-corrected chi connectivity index (χ3v) is 7.63. The lowest BCUT2D eigenvalue weighted by Crippen LogP contribution is -2.40. The van der Waals surface area contributed by atoms with Gasteiger partial charge in [-0.15, -0.1) is 0 Å². The number of benzene rings is 2. The lowest BCUT2D eigenvalue weighted by molar-refractivity contribution is 0.0730. The second-order valence-electron chi connectivity index (χ2n) is 7.83. The molecule has 0 bridgehead atoms. The Morgan fingerprint density at radius 1 is 0.903 bits per heavy atom. The van der Waals surface area contributed by atoms with E-state index in [-0.39, 0.29) is 4.90 Å². The van der Waals surface area contributed by atoms with Crippen LogP contribution in [0.15, 0.2) is 53.4 Å². The Morgan fingerprint density at radius 3 is 2.35 bits per heavy atom. The van der Waals surface area contributed by atoms with Crippen LogP contribution < -0.4 is 15.0 Å². The molecule has 168 valence electrons. The highest BCUT2D eigenvalue weighted by Gasteiger charge is 2.26. The van der Waals surface area contributed by atoms with Crippen molar-refractivity contribution in [1.29, 1.82) is 0 Å². The van der Waals surface area contributed by atoms with Gasteiger partial charge < -0.3 is 19.7 Å². The Morgan fingerprint density at radius 2 is 1.61 bits per heavy atom. The average molecular weight is 446 g/mol. The first-order chi connectivity index (χ1) is 15.1. The Balaban J connectivity index is 1.29. The van der Waals surface area contributed by atoms with Gasteiger partial charge in [-0.2, -0.15) is 4.31 Å². The number of sulfonamides is 1. The predicted octanol–water partition coefficient (Wildman–Crippen LogP) is 3.19. The number of nitrogens with zero attached hydrogens (tertiary/aromatic N) is 2. The summed E-state index contributed by atoms with van der Waals surface area (Å²) < 4.78 is 37.9. The van der Waals surface area contributed by atoms with Crippen molar-refractivity contribution in [2.75, 3.05) is 62.8 Å². The highest BCUT2D eigenvalue weighted by Crippen LogP contribution is 2.28. The summed E-state index contributed by atoms with van der Waals surface area (Å²) in [6.07, 6.45) is 3.80. The monoisotopic (exact) mass is 445 g/mol. The van der Waals surface area contributed by atoms with Gasteiger partial charge in [-0.05, 0) is 55.7 Å². The molecule has 2 aliphatic heterocycles. The number of para-hydroxylation sites is 2. The summed E-state index contributed by atoms with van der Waals surface area (Å²) in [5, 5.41) is 3.48. The highest BCUT2D eigenvalue weighted by atomic mass is 32.2. The molecule has 31 heavy (non-hydrogen) atoms. The molecule has 0 unspecified atom stereocenters. The van der Waals surface area contributed by atoms with Crippen LogP contribution in [0, 0.1) is 0 Å². The quantitative estimate of drug-likeness (QED) is 0.630. The molecular weight excluding hydrogens is 414 g/mol. The summed E-state index contributed by atoms with van der Waals surface area (Å²) >= 11 is 0. The average Bonchev–Trinajstić information content (AvgIpc) is 2.83. The summed E-state index contributed by atoms with van der Waals surface area (Å²) in [4.78, 5) is 2.73. The molecule has 2 fully saturated rings. The molecule has 0 aliphatic carbocycles. The number of hydrogen-bond acceptors (Lipinski definition) is 6. The van der Waals surface area contributed by atoms with E-state index < -0.39 is 10.0 Å². The van der Waals surface area contributed by atoms with Crippen LogP contribution >= 0.6 is 0 Å². The molecular formula is C23H31N3O4S. The van der Waals surface area contributed by atoms with Crippen LogP contribution in [0.3, 0.4) is 0 Å². The van der Waals surface area contributed by atoms with E-state index >= 15 is 0 Å². The molecule has 0 atom stereocenters. The molecule has 0 amide bonds. The number of rotatable bonds is 8. The van der Waals surface area contributed by atoms with Crippen molar-refractivity contribution in [2.45, 2.75) is 24.2 Å². The smallest absolute Gasteiger partial charge is 0.243 e. The van der Waals surface area contributed by atoms with Crippen molar-refractivity contribution in [3.63, 3.8) is 0 Å². The molecule has 0 saturated carbocycles. The van der Waals surface area contributed by atoms with Gasteiger partial charge in [-0.3, -0.25) is 0 Å². The molecule has 2 aromatic rings. The van der Waals surface area contributed by atoms with Gasteiger partial charge in [-0.1, -0.05) is 12.1 Å². The summed E-state index contributed by atoms with van der Waals surface area (Å²) in [5.41, 5.74) is 2.37. The number of anilines is 2. The van der Waals surface area contributed by atoms with Crippen molar-refractivity contribution >= 4 is 21.4 Å². The van der Waals surface area contributed by atoms with Crippen LogP contribution in [0.5, 0.6) is 5.75 Å². The maximum Gasteiger partial charge on any atom is 0.243 e. The molecule has 2 aliphatic rings. The largest absolute Gasteiger partial charge is 0.492 e. The maximum atomic E-state index is 12.7. The fourth-order valence-electron chi connectivity index (χ4n) is 4.03. The van der Waals surface area contributed by atoms with E-state index in [2.05, 4.69) is 28.4 Å². The molecule has 0 aromatic heterocycles. The minimum atomic E-state index is -3.47. The van der Waals surface area contributed by atoms with Crippen molar-refractivity contribution in [1.82, 2.24) is 4.31 Å². The summed E-state index contributed by atoms with van der Waals surface area (Å²) in [6.45, 7) is 5.03. The van der Waals surface area contributed by atoms with Crippen LogP contribution in [-0.4, -0.2) is 65.3 Å². The Kier molecular flexibility index (Phi) is 7.32. The van der Waals surface area contributed by atoms with E-state index in [0.717, 1.165) is 18.8 Å². The van der Waals surface area contributed by atoms with Crippen molar-refractivity contribution in [3.05, 3.63) is 48.5 Å². The van der Waals surface area contributed by atoms with Crippen LogP contribution in [0.1, 0.15) is 19.3 Å². The van der Waals surface area contributed by atoms with Crippen LogP contribution in [-0.2, 0) is 14.8 Å². The zero-order valence-corrected chi connectivity index (χ0v) is 18.6. The number of nitrogens with one attached hydrogen (secondary N) is 1. The standard InChI is InChI=1S/C23H31N3O4S/c27-31(28,26-15-18-29-19-16-26)21-10-8-20(9-11-21)30-17-12-24-22-6-2-3-7-23(22)25-13-4-1-5-14-25/h2-3,6-11,24H,1,4-5,12-19H2. The fourth-order valence-corrected chi connectivity index (χ4v) is 5.44. The minimum absolute atomic E-state index is 0.287. The Bertz CT molecular complexity index is 938. The van der Waals surface area contributed by atoms with Gasteiger partial charge in [0.05, 0.1) is 29.5 Å². The molecule has 4 rings (SSSR count). The molecule has 2 heterocycles. The molecule has 7 nitrogen and oxygen atoms in total. The molecule has 0 radical (unpaired) electrons. The summed E-state index contributed by atoms with van der Waals surface area (Å²) in [5.74, 6) is 0.659. The van der Waals surface area contributed by atoms with Crippen molar-refractivity contribution < 1.29 is 17.9 Å². The topological polar surface area (TPSA) is 71.1 Å². The van der Waals surface area contributed by atoms with E-state index in [4.69, 9.17) is 9.47 Å². The van der Waals surface area contributed by atoms with Crippen LogP contribution in [0.25, 0.3) is 0 Å².